The molecular formula is C33H51NO9. The van der Waals surface area contributed by atoms with E-state index in [2.05, 4.69) is 32.9 Å². The summed E-state index contributed by atoms with van der Waals surface area (Å²) in [4.78, 5) is 30.3. The maximum atomic E-state index is 6.97. The van der Waals surface area contributed by atoms with Crippen LogP contribution in [0.1, 0.15) is 99.3 Å². The molecule has 4 bridgehead atoms. The normalized spacial score (nSPS) is 59.1. The van der Waals surface area contributed by atoms with Crippen molar-refractivity contribution in [3.63, 3.8) is 0 Å². The molecule has 0 radical (unpaired) electrons. The van der Waals surface area contributed by atoms with Crippen molar-refractivity contribution in [1.82, 2.24) is 0 Å². The number of ether oxygens (including phenoxy) is 4. The van der Waals surface area contributed by atoms with Crippen LogP contribution >= 0.6 is 0 Å². The van der Waals surface area contributed by atoms with Gasteiger partial charge in [-0.05, 0) is 87.9 Å². The molecule has 0 aromatic rings. The van der Waals surface area contributed by atoms with Crippen molar-refractivity contribution in [2.24, 2.45) is 52.5 Å². The number of hydrogen-bond donors (Lipinski definition) is 0. The Bertz CT molecular complexity index is 1140. The Morgan fingerprint density at radius 2 is 1.21 bits per heavy atom. The minimum atomic E-state index is -0.820. The summed E-state index contributed by atoms with van der Waals surface area (Å²) in [6.45, 7) is 13.2. The SMILES string of the molecule is CO/N=C(/C[C@H]1O[C@@H]2O[C@]3(C)CC[C@H]4[C@H](C)CC[C@@H]([C@H]1C)[C@@]24OO3)[C@H]1O[C@@H]2O[C@]3(C)CC[C@H]4[C@H](C)CC[C@@H]([C@H]1C)[C@@]24OO3. The van der Waals surface area contributed by atoms with Gasteiger partial charge in [-0.1, -0.05) is 32.9 Å². The van der Waals surface area contributed by atoms with Crippen molar-refractivity contribution in [3.05, 3.63) is 0 Å². The van der Waals surface area contributed by atoms with Crippen LogP contribution in [0.3, 0.4) is 0 Å². The van der Waals surface area contributed by atoms with Crippen LogP contribution in [-0.4, -0.2) is 60.4 Å². The van der Waals surface area contributed by atoms with E-state index in [9.17, 15) is 0 Å². The van der Waals surface area contributed by atoms with Crippen molar-refractivity contribution >= 4 is 5.71 Å². The molecule has 16 atom stereocenters. The Morgan fingerprint density at radius 1 is 0.674 bits per heavy atom. The highest BCUT2D eigenvalue weighted by Crippen LogP contribution is 2.63. The molecule has 8 heterocycles. The summed E-state index contributed by atoms with van der Waals surface area (Å²) in [6, 6.07) is 0. The molecule has 0 unspecified atom stereocenters. The molecule has 10 aliphatic rings. The van der Waals surface area contributed by atoms with E-state index in [0.717, 1.165) is 50.7 Å². The molecular weight excluding hydrogens is 554 g/mol. The highest BCUT2D eigenvalue weighted by molar-refractivity contribution is 5.89. The number of rotatable bonds is 4. The standard InChI is InChI=1S/C33H51NO9/c1-17-8-10-23-19(3)26(36-28-32(23)21(17)12-14-30(5,38-28)40-42-32)16-25(34-35-7)27-20(4)24-11-9-18(2)22-13-15-31(6)39-29(37-27)33(22,24)43-41-31/h17-24,26-29H,8-16H2,1-7H3/b34-25-/t17-,18-,19-,20-,21+,22+,23+,24+,26-,27+,28-,29-,30+,31+,32-,33-/m1/s1. The van der Waals surface area contributed by atoms with Gasteiger partial charge < -0.3 is 23.8 Å². The zero-order valence-corrected chi connectivity index (χ0v) is 26.9. The van der Waals surface area contributed by atoms with E-state index in [4.69, 9.17) is 43.3 Å². The first-order valence-electron chi connectivity index (χ1n) is 17.0. The molecule has 0 aromatic heterocycles. The monoisotopic (exact) mass is 605 g/mol. The van der Waals surface area contributed by atoms with Crippen molar-refractivity contribution in [1.29, 1.82) is 0 Å². The Balaban J connectivity index is 1.10. The summed E-state index contributed by atoms with van der Waals surface area (Å²) >= 11 is 0. The van der Waals surface area contributed by atoms with Gasteiger partial charge in [-0.25, -0.2) is 19.6 Å². The number of hydrogen-bond acceptors (Lipinski definition) is 10. The second-order valence-electron chi connectivity index (χ2n) is 15.7. The van der Waals surface area contributed by atoms with E-state index < -0.39 is 35.4 Å². The first-order valence-corrected chi connectivity index (χ1v) is 17.0. The first-order chi connectivity index (χ1) is 20.5. The van der Waals surface area contributed by atoms with Crippen LogP contribution in [0.2, 0.25) is 0 Å². The lowest BCUT2D eigenvalue weighted by atomic mass is 9.56. The van der Waals surface area contributed by atoms with Gasteiger partial charge in [0.05, 0.1) is 11.8 Å². The topological polar surface area (TPSA) is 95.4 Å². The van der Waals surface area contributed by atoms with Crippen molar-refractivity contribution < 1.29 is 43.3 Å². The van der Waals surface area contributed by atoms with E-state index in [0.29, 0.717) is 30.1 Å². The van der Waals surface area contributed by atoms with Crippen LogP contribution < -0.4 is 0 Å². The second kappa shape index (κ2) is 10.1. The van der Waals surface area contributed by atoms with Gasteiger partial charge in [0.15, 0.2) is 23.8 Å². The van der Waals surface area contributed by atoms with E-state index in [1.807, 2.05) is 13.8 Å². The summed E-state index contributed by atoms with van der Waals surface area (Å²) in [6.07, 6.45) is 7.16. The van der Waals surface area contributed by atoms with Crippen LogP contribution in [0, 0.1) is 47.3 Å². The summed E-state index contributed by atoms with van der Waals surface area (Å²) in [7, 11) is 1.61. The van der Waals surface area contributed by atoms with E-state index in [1.165, 1.54) is 6.42 Å². The molecule has 2 saturated carbocycles. The van der Waals surface area contributed by atoms with Crippen molar-refractivity contribution in [2.45, 2.75) is 147 Å². The maximum absolute atomic E-state index is 6.97. The minimum Gasteiger partial charge on any atom is -0.399 e. The van der Waals surface area contributed by atoms with E-state index in [1.54, 1.807) is 7.11 Å². The molecule has 242 valence electrons. The van der Waals surface area contributed by atoms with E-state index >= 15 is 0 Å². The molecule has 10 fully saturated rings. The molecule has 0 amide bonds. The Labute approximate surface area is 255 Å². The van der Waals surface area contributed by atoms with Gasteiger partial charge in [0.1, 0.15) is 13.2 Å². The summed E-state index contributed by atoms with van der Waals surface area (Å²) < 4.78 is 27.2. The number of oxime groups is 1. The van der Waals surface area contributed by atoms with Crippen LogP contribution in [0.25, 0.3) is 0 Å². The predicted molar refractivity (Wildman–Crippen MR) is 153 cm³/mol. The number of fused-ring (bicyclic) bond motifs is 4. The lowest BCUT2D eigenvalue weighted by molar-refractivity contribution is -0.571. The molecule has 10 nitrogen and oxygen atoms in total. The number of nitrogens with zero attached hydrogens (tertiary/aromatic N) is 1. The first kappa shape index (κ1) is 29.5. The highest BCUT2D eigenvalue weighted by atomic mass is 17.3. The van der Waals surface area contributed by atoms with Gasteiger partial charge in [0, 0.05) is 31.1 Å². The van der Waals surface area contributed by atoms with Gasteiger partial charge in [-0.3, -0.25) is 0 Å². The smallest absolute Gasteiger partial charge is 0.201 e. The third kappa shape index (κ3) is 4.09. The molecule has 10 heteroatoms. The van der Waals surface area contributed by atoms with Gasteiger partial charge in [0.2, 0.25) is 11.6 Å². The predicted octanol–water partition coefficient (Wildman–Crippen LogP) is 5.88. The van der Waals surface area contributed by atoms with Crippen LogP contribution in [-0.2, 0) is 43.3 Å². The lowest BCUT2D eigenvalue weighted by Gasteiger charge is -2.61. The maximum Gasteiger partial charge on any atom is 0.201 e. The molecule has 2 aliphatic carbocycles. The van der Waals surface area contributed by atoms with Gasteiger partial charge >= 0.3 is 0 Å². The quantitative estimate of drug-likeness (QED) is 0.221. The molecule has 43 heavy (non-hydrogen) atoms. The summed E-state index contributed by atoms with van der Waals surface area (Å²) in [5, 5.41) is 4.65. The molecule has 0 N–H and O–H groups in total. The van der Waals surface area contributed by atoms with Crippen molar-refractivity contribution in [2.75, 3.05) is 7.11 Å². The van der Waals surface area contributed by atoms with Gasteiger partial charge in [0.25, 0.3) is 0 Å². The average Bonchev–Trinajstić information content (AvgIpc) is 3.35. The third-order valence-corrected chi connectivity index (χ3v) is 13.4. The van der Waals surface area contributed by atoms with Crippen LogP contribution in [0.15, 0.2) is 5.16 Å². The van der Waals surface area contributed by atoms with Crippen LogP contribution in [0.5, 0.6) is 0 Å². The molecule has 8 saturated heterocycles. The lowest BCUT2D eigenvalue weighted by Crippen LogP contribution is -2.71. The third-order valence-electron chi connectivity index (χ3n) is 13.4. The molecule has 2 spiro atoms. The zero-order chi connectivity index (χ0) is 29.9. The van der Waals surface area contributed by atoms with Gasteiger partial charge in [-0.2, -0.15) is 0 Å². The van der Waals surface area contributed by atoms with Gasteiger partial charge in [-0.15, -0.1) is 0 Å². The highest BCUT2D eigenvalue weighted by Gasteiger charge is 2.71. The fraction of sp³-hybridized carbons (Fsp3) is 0.970. The fourth-order valence-corrected chi connectivity index (χ4v) is 11.0. The zero-order valence-electron chi connectivity index (χ0n) is 26.9. The fourth-order valence-electron chi connectivity index (χ4n) is 11.0. The Kier molecular flexibility index (Phi) is 6.92. The molecule has 0 aromatic carbocycles. The molecule has 8 aliphatic heterocycles. The average molecular weight is 606 g/mol. The summed E-state index contributed by atoms with van der Waals surface area (Å²) in [5.41, 5.74) is -0.348. The van der Waals surface area contributed by atoms with Crippen molar-refractivity contribution in [3.8, 4) is 0 Å². The van der Waals surface area contributed by atoms with Crippen LogP contribution in [0.4, 0.5) is 0 Å². The second-order valence-corrected chi connectivity index (χ2v) is 15.7. The summed E-state index contributed by atoms with van der Waals surface area (Å²) in [5.74, 6) is 0.863. The Hall–Kier alpha value is -0.850. The molecule has 10 rings (SSSR count). The van der Waals surface area contributed by atoms with E-state index in [-0.39, 0.29) is 35.9 Å². The Morgan fingerprint density at radius 3 is 1.77 bits per heavy atom. The largest absolute Gasteiger partial charge is 0.399 e. The minimum absolute atomic E-state index is 0.126.